The molecular weight excluding hydrogens is 280 g/mol. The van der Waals surface area contributed by atoms with E-state index in [4.69, 9.17) is 0 Å². The Hall–Kier alpha value is -0.640. The molecule has 2 aliphatic carbocycles. The predicted molar refractivity (Wildman–Crippen MR) is 68.9 cm³/mol. The minimum atomic E-state index is 0.298. The van der Waals surface area contributed by atoms with Crippen LogP contribution in [0.15, 0.2) is 10.7 Å². The molecule has 0 aromatic carbocycles. The summed E-state index contributed by atoms with van der Waals surface area (Å²) in [5, 5.41) is 4.28. The molecule has 0 radical (unpaired) electrons. The van der Waals surface area contributed by atoms with Gasteiger partial charge in [0.2, 0.25) is 0 Å². The summed E-state index contributed by atoms with van der Waals surface area (Å²) in [6, 6.07) is 0. The molecule has 0 amide bonds. The number of Topliss-reactive ketones (excluding diaryl/α,β-unsaturated/α-hetero) is 1. The maximum absolute atomic E-state index is 12.5. The highest BCUT2D eigenvalue weighted by atomic mass is 79.9. The second-order valence-corrected chi connectivity index (χ2v) is 6.07. The SMILES string of the molecule is CCCn1ncc(Br)c1C(=O)C1C2CCCC21. The van der Waals surface area contributed by atoms with Gasteiger partial charge in [0.15, 0.2) is 5.78 Å². The van der Waals surface area contributed by atoms with Crippen LogP contribution in [-0.4, -0.2) is 15.6 Å². The van der Waals surface area contributed by atoms with Crippen molar-refractivity contribution in [2.24, 2.45) is 17.8 Å². The van der Waals surface area contributed by atoms with Crippen molar-refractivity contribution >= 4 is 21.7 Å². The Balaban J connectivity index is 1.84. The molecule has 2 unspecified atom stereocenters. The maximum atomic E-state index is 12.5. The Labute approximate surface area is 110 Å². The lowest BCUT2D eigenvalue weighted by Gasteiger charge is -2.07. The van der Waals surface area contributed by atoms with Crippen molar-refractivity contribution in [1.82, 2.24) is 9.78 Å². The molecule has 1 aromatic rings. The first-order valence-electron chi connectivity index (χ1n) is 6.49. The highest BCUT2D eigenvalue weighted by molar-refractivity contribution is 9.10. The molecule has 0 saturated heterocycles. The summed E-state index contributed by atoms with van der Waals surface area (Å²) in [7, 11) is 0. The molecule has 0 bridgehead atoms. The van der Waals surface area contributed by atoms with Gasteiger partial charge in [-0.3, -0.25) is 9.48 Å². The normalized spacial score (nSPS) is 30.4. The van der Waals surface area contributed by atoms with E-state index >= 15 is 0 Å². The lowest BCUT2D eigenvalue weighted by molar-refractivity contribution is 0.0940. The van der Waals surface area contributed by atoms with Gasteiger partial charge in [-0.25, -0.2) is 0 Å². The van der Waals surface area contributed by atoms with Gasteiger partial charge in [0, 0.05) is 12.5 Å². The number of fused-ring (bicyclic) bond motifs is 1. The zero-order chi connectivity index (χ0) is 12.0. The van der Waals surface area contributed by atoms with Gasteiger partial charge in [0.1, 0.15) is 5.69 Å². The summed E-state index contributed by atoms with van der Waals surface area (Å²) in [4.78, 5) is 12.5. The summed E-state index contributed by atoms with van der Waals surface area (Å²) in [5.41, 5.74) is 0.797. The lowest BCUT2D eigenvalue weighted by Crippen LogP contribution is -2.14. The van der Waals surface area contributed by atoms with Gasteiger partial charge in [0.05, 0.1) is 10.7 Å². The summed E-state index contributed by atoms with van der Waals surface area (Å²) >= 11 is 3.46. The van der Waals surface area contributed by atoms with Crippen LogP contribution in [0.5, 0.6) is 0 Å². The average molecular weight is 297 g/mol. The number of hydrogen-bond donors (Lipinski definition) is 0. The third-order valence-electron chi connectivity index (χ3n) is 4.17. The minimum Gasteiger partial charge on any atom is -0.292 e. The van der Waals surface area contributed by atoms with Gasteiger partial charge >= 0.3 is 0 Å². The maximum Gasteiger partial charge on any atom is 0.185 e. The topological polar surface area (TPSA) is 34.9 Å². The Kier molecular flexibility index (Phi) is 2.85. The van der Waals surface area contributed by atoms with Gasteiger partial charge in [-0.05, 0) is 47.0 Å². The van der Waals surface area contributed by atoms with Crippen LogP contribution in [0, 0.1) is 17.8 Å². The van der Waals surface area contributed by atoms with Gasteiger partial charge in [-0.1, -0.05) is 13.3 Å². The van der Waals surface area contributed by atoms with E-state index in [0.29, 0.717) is 23.5 Å². The largest absolute Gasteiger partial charge is 0.292 e. The van der Waals surface area contributed by atoms with Crippen molar-refractivity contribution in [2.45, 2.75) is 39.2 Å². The Morgan fingerprint density at radius 3 is 2.88 bits per heavy atom. The summed E-state index contributed by atoms with van der Waals surface area (Å²) in [6.07, 6.45) is 6.57. The number of hydrogen-bond acceptors (Lipinski definition) is 2. The van der Waals surface area contributed by atoms with Crippen LogP contribution in [0.4, 0.5) is 0 Å². The summed E-state index contributed by atoms with van der Waals surface area (Å²) < 4.78 is 2.72. The third kappa shape index (κ3) is 1.77. The van der Waals surface area contributed by atoms with Gasteiger partial charge in [0.25, 0.3) is 0 Å². The van der Waals surface area contributed by atoms with Crippen LogP contribution in [-0.2, 0) is 6.54 Å². The van der Waals surface area contributed by atoms with Crippen molar-refractivity contribution in [1.29, 1.82) is 0 Å². The molecule has 2 atom stereocenters. The molecule has 1 heterocycles. The van der Waals surface area contributed by atoms with Crippen molar-refractivity contribution in [3.05, 3.63) is 16.4 Å². The number of rotatable bonds is 4. The molecule has 92 valence electrons. The van der Waals surface area contributed by atoms with Crippen LogP contribution in [0.2, 0.25) is 0 Å². The van der Waals surface area contributed by atoms with Crippen LogP contribution in [0.1, 0.15) is 43.1 Å². The molecule has 2 aliphatic rings. The molecule has 4 heteroatoms. The number of ketones is 1. The Morgan fingerprint density at radius 2 is 2.24 bits per heavy atom. The first-order chi connectivity index (χ1) is 8.24. The van der Waals surface area contributed by atoms with Gasteiger partial charge in [-0.2, -0.15) is 5.10 Å². The van der Waals surface area contributed by atoms with Crippen LogP contribution in [0.25, 0.3) is 0 Å². The second kappa shape index (κ2) is 4.23. The fourth-order valence-electron chi connectivity index (χ4n) is 3.36. The van der Waals surface area contributed by atoms with E-state index in [-0.39, 0.29) is 0 Å². The summed E-state index contributed by atoms with van der Waals surface area (Å²) in [6.45, 7) is 2.93. The minimum absolute atomic E-state index is 0.298. The molecule has 17 heavy (non-hydrogen) atoms. The smallest absolute Gasteiger partial charge is 0.185 e. The lowest BCUT2D eigenvalue weighted by atomic mass is 10.1. The molecule has 2 fully saturated rings. The van der Waals surface area contributed by atoms with E-state index in [2.05, 4.69) is 28.0 Å². The Bertz CT molecular complexity index is 444. The zero-order valence-corrected chi connectivity index (χ0v) is 11.6. The molecule has 0 aliphatic heterocycles. The van der Waals surface area contributed by atoms with Crippen LogP contribution < -0.4 is 0 Å². The van der Waals surface area contributed by atoms with Gasteiger partial charge < -0.3 is 0 Å². The molecule has 2 saturated carbocycles. The predicted octanol–water partition coefficient (Wildman–Crippen LogP) is 3.28. The zero-order valence-electron chi connectivity index (χ0n) is 10.0. The molecular formula is C13H17BrN2O. The molecule has 0 spiro atoms. The monoisotopic (exact) mass is 296 g/mol. The number of aryl methyl sites for hydroxylation is 1. The Morgan fingerprint density at radius 1 is 1.53 bits per heavy atom. The fraction of sp³-hybridized carbons (Fsp3) is 0.692. The van der Waals surface area contributed by atoms with E-state index in [9.17, 15) is 4.79 Å². The van der Waals surface area contributed by atoms with E-state index in [1.165, 1.54) is 19.3 Å². The fourth-order valence-corrected chi connectivity index (χ4v) is 3.85. The molecule has 0 N–H and O–H groups in total. The number of aromatic nitrogens is 2. The second-order valence-electron chi connectivity index (χ2n) is 5.21. The van der Waals surface area contributed by atoms with Crippen LogP contribution in [0.3, 0.4) is 0 Å². The van der Waals surface area contributed by atoms with Crippen LogP contribution >= 0.6 is 15.9 Å². The molecule has 1 aromatic heterocycles. The number of carbonyl (C=O) groups excluding carboxylic acids is 1. The van der Waals surface area contributed by atoms with E-state index in [0.717, 1.165) is 23.1 Å². The van der Waals surface area contributed by atoms with E-state index in [1.54, 1.807) is 6.20 Å². The highest BCUT2D eigenvalue weighted by Gasteiger charge is 2.57. The third-order valence-corrected chi connectivity index (χ3v) is 4.75. The van der Waals surface area contributed by atoms with Gasteiger partial charge in [-0.15, -0.1) is 0 Å². The van der Waals surface area contributed by atoms with E-state index < -0.39 is 0 Å². The summed E-state index contributed by atoms with van der Waals surface area (Å²) in [5.74, 6) is 1.98. The van der Waals surface area contributed by atoms with Crippen molar-refractivity contribution < 1.29 is 4.79 Å². The van der Waals surface area contributed by atoms with Crippen molar-refractivity contribution in [2.75, 3.05) is 0 Å². The van der Waals surface area contributed by atoms with Crippen molar-refractivity contribution in [3.8, 4) is 0 Å². The number of nitrogens with zero attached hydrogens (tertiary/aromatic N) is 2. The average Bonchev–Trinajstić information content (AvgIpc) is 2.66. The number of carbonyl (C=O) groups is 1. The molecule has 3 nitrogen and oxygen atoms in total. The first-order valence-corrected chi connectivity index (χ1v) is 7.29. The number of halogens is 1. The standard InChI is InChI=1S/C13H17BrN2O/c1-2-6-16-12(10(14)7-15-16)13(17)11-8-4-3-5-9(8)11/h7-9,11H,2-6H2,1H3. The first kappa shape index (κ1) is 11.5. The highest BCUT2D eigenvalue weighted by Crippen LogP contribution is 2.58. The quantitative estimate of drug-likeness (QED) is 0.799. The van der Waals surface area contributed by atoms with Crippen molar-refractivity contribution in [3.63, 3.8) is 0 Å². The molecule has 3 rings (SSSR count). The van der Waals surface area contributed by atoms with E-state index in [1.807, 2.05) is 4.68 Å².